The molecule has 0 N–H and O–H groups in total. The zero-order valence-electron chi connectivity index (χ0n) is 12.3. The third kappa shape index (κ3) is 11.0. The van der Waals surface area contributed by atoms with Gasteiger partial charge in [0.15, 0.2) is 0 Å². The average molecular weight is 274 g/mol. The maximum absolute atomic E-state index is 5.74. The van der Waals surface area contributed by atoms with Crippen LogP contribution in [0.15, 0.2) is 12.7 Å². The van der Waals surface area contributed by atoms with Crippen LogP contribution in [0.4, 0.5) is 0 Å². The molecule has 108 valence electrons. The monoisotopic (exact) mass is 274 g/mol. The highest BCUT2D eigenvalue weighted by molar-refractivity contribution is 6.36. The number of rotatable bonds is 13. The van der Waals surface area contributed by atoms with Crippen LogP contribution in [0.1, 0.15) is 59.3 Å². The van der Waals surface area contributed by atoms with E-state index in [0.717, 1.165) is 26.1 Å². The molecule has 0 aliphatic heterocycles. The number of hydrogen-bond donors (Lipinski definition) is 0. The molecular weight excluding hydrogens is 244 g/mol. The van der Waals surface area contributed by atoms with E-state index in [0.29, 0.717) is 0 Å². The van der Waals surface area contributed by atoms with E-state index in [1.54, 1.807) is 6.08 Å². The summed E-state index contributed by atoms with van der Waals surface area (Å²) in [6.45, 7) is 11.6. The molecule has 4 heteroatoms. The third-order valence-electron chi connectivity index (χ3n) is 2.66. The molecule has 0 spiro atoms. The molecule has 0 aromatic rings. The van der Waals surface area contributed by atoms with Gasteiger partial charge in [0, 0.05) is 13.2 Å². The molecule has 1 atom stereocenters. The number of hydrogen-bond acceptors (Lipinski definition) is 3. The van der Waals surface area contributed by atoms with Crippen LogP contribution in [0, 0.1) is 0 Å². The quantitative estimate of drug-likeness (QED) is 0.291. The normalized spacial score (nSPS) is 12.9. The summed E-state index contributed by atoms with van der Waals surface area (Å²) in [7, 11) is -1.97. The smallest absolute Gasteiger partial charge is 0.376 e. The van der Waals surface area contributed by atoms with Crippen molar-refractivity contribution in [2.45, 2.75) is 65.4 Å². The Morgan fingerprint density at radius 3 is 1.89 bits per heavy atom. The summed E-state index contributed by atoms with van der Waals surface area (Å²) >= 11 is 0. The maximum atomic E-state index is 5.74. The van der Waals surface area contributed by atoms with Gasteiger partial charge in [0.05, 0.1) is 6.10 Å². The van der Waals surface area contributed by atoms with Crippen LogP contribution < -0.4 is 0 Å². The summed E-state index contributed by atoms with van der Waals surface area (Å²) in [6.07, 6.45) is 8.79. The highest BCUT2D eigenvalue weighted by Crippen LogP contribution is 2.04. The third-order valence-corrected chi connectivity index (χ3v) is 4.33. The standard InChI is InChI=1S/C14H30O3Si/c1-5-8-10-12-15-18(17-14(4)7-3)16-13-11-9-6-2/h7,14,18H,3,5-6,8-13H2,1-2,4H3. The number of unbranched alkanes of at least 4 members (excludes halogenated alkanes) is 4. The molecule has 0 fully saturated rings. The molecule has 18 heavy (non-hydrogen) atoms. The summed E-state index contributed by atoms with van der Waals surface area (Å²) in [6, 6.07) is 0. The van der Waals surface area contributed by atoms with E-state index in [-0.39, 0.29) is 6.10 Å². The average Bonchev–Trinajstić information content (AvgIpc) is 2.39. The summed E-state index contributed by atoms with van der Waals surface area (Å²) in [5.74, 6) is 0. The van der Waals surface area contributed by atoms with Crippen LogP contribution >= 0.6 is 0 Å². The van der Waals surface area contributed by atoms with Crippen LogP contribution in [-0.4, -0.2) is 28.8 Å². The first-order valence-corrected chi connectivity index (χ1v) is 8.67. The Morgan fingerprint density at radius 2 is 1.50 bits per heavy atom. The van der Waals surface area contributed by atoms with Crippen LogP contribution in [0.5, 0.6) is 0 Å². The molecule has 0 aromatic carbocycles. The molecule has 0 aromatic heterocycles. The molecule has 0 amide bonds. The Balaban J connectivity index is 3.80. The molecule has 0 heterocycles. The molecule has 0 rings (SSSR count). The van der Waals surface area contributed by atoms with E-state index in [1.807, 2.05) is 6.92 Å². The first-order chi connectivity index (χ1) is 8.74. The van der Waals surface area contributed by atoms with Gasteiger partial charge in [0.25, 0.3) is 0 Å². The van der Waals surface area contributed by atoms with Crippen molar-refractivity contribution < 1.29 is 13.3 Å². The van der Waals surface area contributed by atoms with Gasteiger partial charge >= 0.3 is 9.53 Å². The molecular formula is C14H30O3Si. The SMILES string of the molecule is C=CC(C)O[SiH](OCCCCC)OCCCCC. The fourth-order valence-corrected chi connectivity index (χ4v) is 2.85. The van der Waals surface area contributed by atoms with Gasteiger partial charge in [-0.05, 0) is 19.8 Å². The lowest BCUT2D eigenvalue weighted by Gasteiger charge is -2.19. The van der Waals surface area contributed by atoms with Gasteiger partial charge in [-0.25, -0.2) is 0 Å². The van der Waals surface area contributed by atoms with Crippen LogP contribution in [-0.2, 0) is 13.3 Å². The van der Waals surface area contributed by atoms with Crippen molar-refractivity contribution in [3.05, 3.63) is 12.7 Å². The lowest BCUT2D eigenvalue weighted by Crippen LogP contribution is -2.31. The van der Waals surface area contributed by atoms with E-state index in [9.17, 15) is 0 Å². The fourth-order valence-electron chi connectivity index (χ4n) is 1.42. The van der Waals surface area contributed by atoms with Crippen molar-refractivity contribution in [3.63, 3.8) is 0 Å². The second-order valence-corrected chi connectivity index (χ2v) is 6.04. The molecule has 0 bridgehead atoms. The molecule has 0 saturated carbocycles. The van der Waals surface area contributed by atoms with Crippen molar-refractivity contribution in [3.8, 4) is 0 Å². The summed E-state index contributed by atoms with van der Waals surface area (Å²) in [5.41, 5.74) is 0. The summed E-state index contributed by atoms with van der Waals surface area (Å²) < 4.78 is 17.2. The van der Waals surface area contributed by atoms with Gasteiger partial charge in [-0.2, -0.15) is 0 Å². The predicted molar refractivity (Wildman–Crippen MR) is 78.8 cm³/mol. The zero-order chi connectivity index (χ0) is 13.6. The fraction of sp³-hybridized carbons (Fsp3) is 0.857. The molecule has 0 radical (unpaired) electrons. The zero-order valence-corrected chi connectivity index (χ0v) is 13.5. The first kappa shape index (κ1) is 17.8. The van der Waals surface area contributed by atoms with Crippen molar-refractivity contribution in [2.75, 3.05) is 13.2 Å². The van der Waals surface area contributed by atoms with Gasteiger partial charge < -0.3 is 13.3 Å². The van der Waals surface area contributed by atoms with Gasteiger partial charge in [-0.15, -0.1) is 6.58 Å². The van der Waals surface area contributed by atoms with Crippen molar-refractivity contribution in [1.82, 2.24) is 0 Å². The Labute approximate surface area is 114 Å². The minimum absolute atomic E-state index is 0.0130. The lowest BCUT2D eigenvalue weighted by atomic mass is 10.3. The molecule has 1 unspecified atom stereocenters. The first-order valence-electron chi connectivity index (χ1n) is 7.25. The molecule has 3 nitrogen and oxygen atoms in total. The summed E-state index contributed by atoms with van der Waals surface area (Å²) in [4.78, 5) is 0. The van der Waals surface area contributed by atoms with Gasteiger partial charge in [0.1, 0.15) is 0 Å². The minimum atomic E-state index is -1.97. The van der Waals surface area contributed by atoms with Crippen molar-refractivity contribution >= 4 is 9.53 Å². The van der Waals surface area contributed by atoms with Gasteiger partial charge in [-0.3, -0.25) is 0 Å². The minimum Gasteiger partial charge on any atom is -0.376 e. The van der Waals surface area contributed by atoms with Gasteiger partial charge in [0.2, 0.25) is 0 Å². The molecule has 0 saturated heterocycles. The predicted octanol–water partition coefficient (Wildman–Crippen LogP) is 3.71. The Hall–Kier alpha value is -0.163. The Kier molecular flexibility index (Phi) is 13.2. The maximum Gasteiger partial charge on any atom is 0.484 e. The second-order valence-electron chi connectivity index (χ2n) is 4.52. The Bertz CT molecular complexity index is 176. The van der Waals surface area contributed by atoms with E-state index < -0.39 is 9.53 Å². The van der Waals surface area contributed by atoms with E-state index in [1.165, 1.54) is 25.7 Å². The Morgan fingerprint density at radius 1 is 1.00 bits per heavy atom. The summed E-state index contributed by atoms with van der Waals surface area (Å²) in [5, 5.41) is 0. The second kappa shape index (κ2) is 13.3. The van der Waals surface area contributed by atoms with E-state index in [2.05, 4.69) is 20.4 Å². The van der Waals surface area contributed by atoms with Gasteiger partial charge in [-0.1, -0.05) is 45.6 Å². The van der Waals surface area contributed by atoms with E-state index >= 15 is 0 Å². The molecule has 0 aliphatic rings. The largest absolute Gasteiger partial charge is 0.484 e. The van der Waals surface area contributed by atoms with Crippen molar-refractivity contribution in [1.29, 1.82) is 0 Å². The van der Waals surface area contributed by atoms with E-state index in [4.69, 9.17) is 13.3 Å². The highest BCUT2D eigenvalue weighted by Gasteiger charge is 2.17. The molecule has 0 aliphatic carbocycles. The van der Waals surface area contributed by atoms with Crippen LogP contribution in [0.3, 0.4) is 0 Å². The van der Waals surface area contributed by atoms with Crippen LogP contribution in [0.25, 0.3) is 0 Å². The van der Waals surface area contributed by atoms with Crippen LogP contribution in [0.2, 0.25) is 0 Å². The topological polar surface area (TPSA) is 27.7 Å². The lowest BCUT2D eigenvalue weighted by molar-refractivity contribution is 0.0759. The highest BCUT2D eigenvalue weighted by atomic mass is 28.3. The van der Waals surface area contributed by atoms with Crippen molar-refractivity contribution in [2.24, 2.45) is 0 Å².